The summed E-state index contributed by atoms with van der Waals surface area (Å²) in [5.41, 5.74) is -0.752. The van der Waals surface area contributed by atoms with Crippen LogP contribution in [0.25, 0.3) is 0 Å². The first-order chi connectivity index (χ1) is 9.45. The van der Waals surface area contributed by atoms with E-state index in [1.54, 1.807) is 13.2 Å². The summed E-state index contributed by atoms with van der Waals surface area (Å²) in [5, 5.41) is 12.0. The quantitative estimate of drug-likeness (QED) is 0.923. The summed E-state index contributed by atoms with van der Waals surface area (Å²) in [6, 6.07) is 5.22. The molecular weight excluding hydrogens is 269 g/mol. The third-order valence-electron chi connectivity index (χ3n) is 3.55. The zero-order chi connectivity index (χ0) is 14.8. The molecule has 2 atom stereocenters. The molecule has 3 nitrogen and oxygen atoms in total. The maximum absolute atomic E-state index is 12.7. The highest BCUT2D eigenvalue weighted by atomic mass is 19.4. The molecule has 1 aromatic carbocycles. The van der Waals surface area contributed by atoms with Gasteiger partial charge >= 0.3 is 6.18 Å². The van der Waals surface area contributed by atoms with Crippen LogP contribution in [-0.2, 0) is 10.9 Å². The molecule has 2 unspecified atom stereocenters. The molecule has 0 saturated heterocycles. The smallest absolute Gasteiger partial charge is 0.380 e. The van der Waals surface area contributed by atoms with Gasteiger partial charge in [0.25, 0.3) is 0 Å². The van der Waals surface area contributed by atoms with Gasteiger partial charge in [0.2, 0.25) is 0 Å². The first-order valence-electron chi connectivity index (χ1n) is 6.36. The van der Waals surface area contributed by atoms with Crippen molar-refractivity contribution >= 4 is 5.69 Å². The first kappa shape index (κ1) is 14.7. The molecule has 0 aliphatic heterocycles. The summed E-state index contributed by atoms with van der Waals surface area (Å²) < 4.78 is 43.4. The SMILES string of the molecule is COC1CCCC1Nc1ccc(C(F)(F)F)c(C#N)c1. The van der Waals surface area contributed by atoms with E-state index in [-0.39, 0.29) is 17.7 Å². The number of hydrogen-bond donors (Lipinski definition) is 1. The highest BCUT2D eigenvalue weighted by Gasteiger charge is 2.34. The number of hydrogen-bond acceptors (Lipinski definition) is 3. The van der Waals surface area contributed by atoms with Crippen LogP contribution in [0.15, 0.2) is 18.2 Å². The van der Waals surface area contributed by atoms with Gasteiger partial charge in [-0.05, 0) is 37.5 Å². The first-order valence-corrected chi connectivity index (χ1v) is 6.36. The number of benzene rings is 1. The highest BCUT2D eigenvalue weighted by molar-refractivity contribution is 5.54. The largest absolute Gasteiger partial charge is 0.417 e. The fourth-order valence-corrected chi connectivity index (χ4v) is 2.56. The number of anilines is 1. The Hall–Kier alpha value is -1.74. The second-order valence-corrected chi connectivity index (χ2v) is 4.83. The third-order valence-corrected chi connectivity index (χ3v) is 3.55. The molecule has 2 rings (SSSR count). The number of halogens is 3. The monoisotopic (exact) mass is 284 g/mol. The maximum atomic E-state index is 12.7. The Morgan fingerprint density at radius 3 is 2.70 bits per heavy atom. The van der Waals surface area contributed by atoms with Crippen LogP contribution in [0.1, 0.15) is 30.4 Å². The van der Waals surface area contributed by atoms with Crippen molar-refractivity contribution in [2.75, 3.05) is 12.4 Å². The fourth-order valence-electron chi connectivity index (χ4n) is 2.56. The van der Waals surface area contributed by atoms with E-state index in [0.29, 0.717) is 5.69 Å². The van der Waals surface area contributed by atoms with Crippen molar-refractivity contribution in [3.8, 4) is 6.07 Å². The Labute approximate surface area is 115 Å². The normalized spacial score (nSPS) is 22.6. The summed E-state index contributed by atoms with van der Waals surface area (Å²) in [5.74, 6) is 0. The van der Waals surface area contributed by atoms with Crippen molar-refractivity contribution in [2.45, 2.75) is 37.6 Å². The molecule has 1 saturated carbocycles. The lowest BCUT2D eigenvalue weighted by molar-refractivity contribution is -0.137. The van der Waals surface area contributed by atoms with E-state index >= 15 is 0 Å². The standard InChI is InChI=1S/C14H15F3N2O/c1-20-13-4-2-3-12(13)19-10-5-6-11(14(15,16)17)9(7-10)8-18/h5-7,12-13,19H,2-4H2,1H3. The van der Waals surface area contributed by atoms with E-state index in [1.807, 2.05) is 0 Å². The van der Waals surface area contributed by atoms with Crippen LogP contribution < -0.4 is 5.32 Å². The number of nitrogens with one attached hydrogen (secondary N) is 1. The van der Waals surface area contributed by atoms with Crippen molar-refractivity contribution in [1.29, 1.82) is 5.26 Å². The topological polar surface area (TPSA) is 45.0 Å². The van der Waals surface area contributed by atoms with Gasteiger partial charge in [-0.25, -0.2) is 0 Å². The van der Waals surface area contributed by atoms with Gasteiger partial charge in [-0.15, -0.1) is 0 Å². The van der Waals surface area contributed by atoms with Gasteiger partial charge < -0.3 is 10.1 Å². The molecule has 20 heavy (non-hydrogen) atoms. The van der Waals surface area contributed by atoms with E-state index in [1.165, 1.54) is 12.1 Å². The minimum Gasteiger partial charge on any atom is -0.380 e. The molecule has 0 bridgehead atoms. The predicted octanol–water partition coefficient (Wildman–Crippen LogP) is 3.56. The lowest BCUT2D eigenvalue weighted by Crippen LogP contribution is -2.29. The van der Waals surface area contributed by atoms with Gasteiger partial charge in [0.15, 0.2) is 0 Å². The Morgan fingerprint density at radius 2 is 2.10 bits per heavy atom. The molecular formula is C14H15F3N2O. The Morgan fingerprint density at radius 1 is 1.35 bits per heavy atom. The van der Waals surface area contributed by atoms with Gasteiger partial charge in [0.05, 0.1) is 29.3 Å². The van der Waals surface area contributed by atoms with Crippen molar-refractivity contribution < 1.29 is 17.9 Å². The molecule has 1 aromatic rings. The molecule has 1 aliphatic carbocycles. The molecule has 6 heteroatoms. The van der Waals surface area contributed by atoms with E-state index < -0.39 is 11.7 Å². The summed E-state index contributed by atoms with van der Waals surface area (Å²) >= 11 is 0. The number of nitrogens with zero attached hydrogens (tertiary/aromatic N) is 1. The van der Waals surface area contributed by atoms with Crippen molar-refractivity contribution in [3.63, 3.8) is 0 Å². The molecule has 0 spiro atoms. The van der Waals surface area contributed by atoms with E-state index in [4.69, 9.17) is 10.00 Å². The van der Waals surface area contributed by atoms with Crippen LogP contribution in [0.2, 0.25) is 0 Å². The second-order valence-electron chi connectivity index (χ2n) is 4.83. The summed E-state index contributed by atoms with van der Waals surface area (Å²) in [4.78, 5) is 0. The molecule has 1 aliphatic rings. The number of ether oxygens (including phenoxy) is 1. The molecule has 0 heterocycles. The highest BCUT2D eigenvalue weighted by Crippen LogP contribution is 2.33. The van der Waals surface area contributed by atoms with Gasteiger partial charge in [-0.2, -0.15) is 18.4 Å². The average molecular weight is 284 g/mol. The minimum absolute atomic E-state index is 0.0582. The van der Waals surface area contributed by atoms with Crippen LogP contribution in [-0.4, -0.2) is 19.3 Å². The van der Waals surface area contributed by atoms with Crippen molar-refractivity contribution in [3.05, 3.63) is 29.3 Å². The zero-order valence-electron chi connectivity index (χ0n) is 11.0. The summed E-state index contributed by atoms with van der Waals surface area (Å²) in [6.45, 7) is 0. The minimum atomic E-state index is -4.51. The van der Waals surface area contributed by atoms with Crippen LogP contribution in [0.5, 0.6) is 0 Å². The van der Waals surface area contributed by atoms with Crippen LogP contribution >= 0.6 is 0 Å². The predicted molar refractivity (Wildman–Crippen MR) is 68.2 cm³/mol. The Kier molecular flexibility index (Phi) is 4.19. The van der Waals surface area contributed by atoms with Gasteiger partial charge in [0.1, 0.15) is 0 Å². The Balaban J connectivity index is 2.20. The van der Waals surface area contributed by atoms with Gasteiger partial charge in [-0.1, -0.05) is 0 Å². The van der Waals surface area contributed by atoms with Crippen molar-refractivity contribution in [1.82, 2.24) is 0 Å². The molecule has 0 amide bonds. The summed E-state index contributed by atoms with van der Waals surface area (Å²) in [6.07, 6.45) is -1.60. The van der Waals surface area contributed by atoms with Crippen LogP contribution in [0.3, 0.4) is 0 Å². The second kappa shape index (κ2) is 5.71. The molecule has 0 aromatic heterocycles. The fraction of sp³-hybridized carbons (Fsp3) is 0.500. The van der Waals surface area contributed by atoms with E-state index in [0.717, 1.165) is 25.3 Å². The van der Waals surface area contributed by atoms with Crippen molar-refractivity contribution in [2.24, 2.45) is 0 Å². The van der Waals surface area contributed by atoms with Crippen LogP contribution in [0, 0.1) is 11.3 Å². The number of alkyl halides is 3. The molecule has 108 valence electrons. The average Bonchev–Trinajstić information content (AvgIpc) is 2.84. The Bertz CT molecular complexity index is 522. The van der Waals surface area contributed by atoms with Crippen LogP contribution in [0.4, 0.5) is 18.9 Å². The number of nitriles is 1. The van der Waals surface area contributed by atoms with Gasteiger partial charge in [-0.3, -0.25) is 0 Å². The maximum Gasteiger partial charge on any atom is 0.417 e. The molecule has 1 N–H and O–H groups in total. The van der Waals surface area contributed by atoms with Gasteiger partial charge in [0, 0.05) is 12.8 Å². The number of rotatable bonds is 3. The van der Waals surface area contributed by atoms with E-state index in [2.05, 4.69) is 5.32 Å². The molecule has 0 radical (unpaired) electrons. The summed E-state index contributed by atoms with van der Waals surface area (Å²) in [7, 11) is 1.62. The lowest BCUT2D eigenvalue weighted by Gasteiger charge is -2.21. The number of methoxy groups -OCH3 is 1. The molecule has 1 fully saturated rings. The van der Waals surface area contributed by atoms with E-state index in [9.17, 15) is 13.2 Å². The zero-order valence-corrected chi connectivity index (χ0v) is 11.0. The third kappa shape index (κ3) is 3.05. The lowest BCUT2D eigenvalue weighted by atomic mass is 10.1.